The summed E-state index contributed by atoms with van der Waals surface area (Å²) in [5.74, 6) is 3.54. The van der Waals surface area contributed by atoms with Crippen LogP contribution in [-0.2, 0) is 0 Å². The summed E-state index contributed by atoms with van der Waals surface area (Å²) in [6, 6.07) is 19.6. The van der Waals surface area contributed by atoms with Crippen molar-refractivity contribution in [3.05, 3.63) is 77.3 Å². The molecular weight excluding hydrogens is 447 g/mol. The van der Waals surface area contributed by atoms with Gasteiger partial charge in [0.15, 0.2) is 24.0 Å². The number of carboxylic acids is 1. The molecule has 0 saturated heterocycles. The number of benzene rings is 3. The van der Waals surface area contributed by atoms with E-state index in [0.29, 0.717) is 5.75 Å². The zero-order valence-corrected chi connectivity index (χ0v) is 20.3. The second-order valence-corrected chi connectivity index (χ2v) is 10.3. The van der Waals surface area contributed by atoms with E-state index in [1.54, 1.807) is 33.5 Å². The minimum Gasteiger partial charge on any atom is -0.496 e. The van der Waals surface area contributed by atoms with Gasteiger partial charge in [0.1, 0.15) is 16.8 Å². The first-order valence-electron chi connectivity index (χ1n) is 10.8. The molecule has 6 heteroatoms. The van der Waals surface area contributed by atoms with Crippen LogP contribution in [0.4, 0.5) is 0 Å². The molecule has 0 amide bonds. The Labute approximate surface area is 198 Å². The van der Waals surface area contributed by atoms with Gasteiger partial charge < -0.3 is 19.3 Å². The van der Waals surface area contributed by atoms with Crippen molar-refractivity contribution in [3.8, 4) is 28.4 Å². The zero-order chi connectivity index (χ0) is 24.0. The predicted octanol–water partition coefficient (Wildman–Crippen LogP) is 7.41. The van der Waals surface area contributed by atoms with E-state index in [1.807, 2.05) is 18.2 Å². The molecule has 2 aromatic heterocycles. The molecule has 1 N–H and O–H groups in total. The second-order valence-electron chi connectivity index (χ2n) is 8.12. The molecule has 5 aromatic rings. The standard InChI is InChI=1S/C28H23O5P/c1-16-21-15-26(33-4)25(32-3)12-20(21)13-27-23-14-22(17-5-7-18(8-6-17)28(29)30)24(31-2)11-19(23)9-10-34(16)27/h5-15H,1-4H3/p+1. The highest BCUT2D eigenvalue weighted by molar-refractivity contribution is 7.52. The Morgan fingerprint density at radius 2 is 1.41 bits per heavy atom. The summed E-state index contributed by atoms with van der Waals surface area (Å²) < 4.78 is 16.8. The van der Waals surface area contributed by atoms with E-state index in [2.05, 4.69) is 43.1 Å². The van der Waals surface area contributed by atoms with Crippen LogP contribution in [0.25, 0.3) is 37.8 Å². The highest BCUT2D eigenvalue weighted by Crippen LogP contribution is 2.47. The van der Waals surface area contributed by atoms with E-state index in [0.717, 1.165) is 38.8 Å². The van der Waals surface area contributed by atoms with Crippen molar-refractivity contribution in [1.82, 2.24) is 0 Å². The average Bonchev–Trinajstić information content (AvgIpc) is 2.87. The second kappa shape index (κ2) is 8.51. The van der Waals surface area contributed by atoms with E-state index in [9.17, 15) is 9.90 Å². The number of hydrogen-bond donors (Lipinski definition) is 1. The van der Waals surface area contributed by atoms with E-state index < -0.39 is 13.3 Å². The Morgan fingerprint density at radius 1 is 0.765 bits per heavy atom. The lowest BCUT2D eigenvalue weighted by atomic mass is 9.99. The average molecular weight is 471 g/mol. The Kier molecular flexibility index (Phi) is 5.51. The number of methoxy groups -OCH3 is 3. The summed E-state index contributed by atoms with van der Waals surface area (Å²) in [5, 5.41) is 16.4. The van der Waals surface area contributed by atoms with Crippen LogP contribution in [0.1, 0.15) is 15.7 Å². The van der Waals surface area contributed by atoms with Gasteiger partial charge in [-0.25, -0.2) is 4.79 Å². The summed E-state index contributed by atoms with van der Waals surface area (Å²) in [7, 11) is 4.32. The summed E-state index contributed by atoms with van der Waals surface area (Å²) in [4.78, 5) is 11.3. The molecule has 170 valence electrons. The molecule has 1 atom stereocenters. The predicted molar refractivity (Wildman–Crippen MR) is 138 cm³/mol. The third kappa shape index (κ3) is 3.49. The molecule has 1 unspecified atom stereocenters. The third-order valence-corrected chi connectivity index (χ3v) is 8.65. The molecule has 0 saturated carbocycles. The summed E-state index contributed by atoms with van der Waals surface area (Å²) >= 11 is 0. The molecule has 0 aliphatic carbocycles. The van der Waals surface area contributed by atoms with Gasteiger partial charge >= 0.3 is 5.97 Å². The van der Waals surface area contributed by atoms with Crippen LogP contribution in [0.15, 0.2) is 66.5 Å². The normalized spacial score (nSPS) is 11.7. The minimum absolute atomic E-state index is 0.258. The molecule has 5 rings (SSSR count). The van der Waals surface area contributed by atoms with Crippen LogP contribution in [0.5, 0.6) is 17.2 Å². The van der Waals surface area contributed by atoms with Crippen molar-refractivity contribution in [2.45, 2.75) is 6.92 Å². The van der Waals surface area contributed by atoms with Crippen LogP contribution in [0.2, 0.25) is 0 Å². The van der Waals surface area contributed by atoms with E-state index in [4.69, 9.17) is 14.2 Å². The SMILES string of the molecule is COc1cc2cc3c4cc(-c5ccc(C(=O)O)cc5)c(OC)cc4cc[p+]3c(C)c2cc1OC. The fraction of sp³-hybridized carbons (Fsp3) is 0.143. The molecule has 0 aliphatic rings. The molecule has 0 aliphatic heterocycles. The van der Waals surface area contributed by atoms with Crippen molar-refractivity contribution in [1.29, 1.82) is 0 Å². The fourth-order valence-electron chi connectivity index (χ4n) is 4.55. The first-order valence-corrected chi connectivity index (χ1v) is 12.2. The van der Waals surface area contributed by atoms with Gasteiger partial charge in [0.25, 0.3) is 0 Å². The lowest BCUT2D eigenvalue weighted by molar-refractivity contribution is 0.0697. The summed E-state index contributed by atoms with van der Waals surface area (Å²) in [5.41, 5.74) is 2.10. The monoisotopic (exact) mass is 471 g/mol. The van der Waals surface area contributed by atoms with Crippen molar-refractivity contribution < 1.29 is 24.1 Å². The number of fused-ring (bicyclic) bond motifs is 4. The lowest BCUT2D eigenvalue weighted by Crippen LogP contribution is -1.95. The smallest absolute Gasteiger partial charge is 0.335 e. The zero-order valence-electron chi connectivity index (χ0n) is 19.4. The maximum atomic E-state index is 11.3. The van der Waals surface area contributed by atoms with Gasteiger partial charge in [-0.3, -0.25) is 0 Å². The molecule has 5 nitrogen and oxygen atoms in total. The van der Waals surface area contributed by atoms with Gasteiger partial charge in [-0.15, -0.1) is 0 Å². The number of ether oxygens (including phenoxy) is 3. The van der Waals surface area contributed by atoms with Crippen molar-refractivity contribution in [3.63, 3.8) is 0 Å². The topological polar surface area (TPSA) is 65.0 Å². The molecule has 0 fully saturated rings. The van der Waals surface area contributed by atoms with Crippen LogP contribution < -0.4 is 14.2 Å². The molecular formula is C28H24O5P+. The number of carboxylic acid groups (broad SMARTS) is 1. The Balaban J connectivity index is 1.81. The first-order chi connectivity index (χ1) is 16.4. The van der Waals surface area contributed by atoms with Gasteiger partial charge in [0.05, 0.1) is 26.9 Å². The minimum atomic E-state index is -0.941. The molecule has 34 heavy (non-hydrogen) atoms. The van der Waals surface area contributed by atoms with E-state index in [1.165, 1.54) is 15.8 Å². The molecule has 3 aromatic carbocycles. The van der Waals surface area contributed by atoms with E-state index >= 15 is 0 Å². The first kappa shape index (κ1) is 22.0. The lowest BCUT2D eigenvalue weighted by Gasteiger charge is -2.12. The summed E-state index contributed by atoms with van der Waals surface area (Å²) in [6.07, 6.45) is 0. The van der Waals surface area contributed by atoms with E-state index in [-0.39, 0.29) is 5.56 Å². The maximum Gasteiger partial charge on any atom is 0.335 e. The van der Waals surface area contributed by atoms with Crippen LogP contribution in [0.3, 0.4) is 0 Å². The van der Waals surface area contributed by atoms with Gasteiger partial charge in [-0.1, -0.05) is 12.1 Å². The van der Waals surface area contributed by atoms with Gasteiger partial charge in [-0.2, -0.15) is 0 Å². The molecule has 0 radical (unpaired) electrons. The Bertz CT molecular complexity index is 1590. The van der Waals surface area contributed by atoms with Crippen molar-refractivity contribution in [2.24, 2.45) is 0 Å². The highest BCUT2D eigenvalue weighted by Gasteiger charge is 2.20. The van der Waals surface area contributed by atoms with Crippen molar-refractivity contribution >= 4 is 40.0 Å². The molecule has 2 heterocycles. The maximum absolute atomic E-state index is 11.3. The largest absolute Gasteiger partial charge is 0.496 e. The van der Waals surface area contributed by atoms with Crippen molar-refractivity contribution in [2.75, 3.05) is 21.3 Å². The number of aromatic carboxylic acids is 1. The van der Waals surface area contributed by atoms with Crippen LogP contribution in [0, 0.1) is 6.92 Å². The van der Waals surface area contributed by atoms with Gasteiger partial charge in [-0.05, 0) is 64.9 Å². The molecule has 0 bridgehead atoms. The number of rotatable bonds is 5. The number of carbonyl (C=O) groups is 1. The Morgan fingerprint density at radius 3 is 2.06 bits per heavy atom. The van der Waals surface area contributed by atoms with Crippen LogP contribution in [-0.4, -0.2) is 32.4 Å². The van der Waals surface area contributed by atoms with Crippen LogP contribution >= 0.6 is 7.34 Å². The van der Waals surface area contributed by atoms with Gasteiger partial charge in [0.2, 0.25) is 0 Å². The Hall–Kier alpha value is -3.82. The number of hydrogen-bond acceptors (Lipinski definition) is 4. The third-order valence-electron chi connectivity index (χ3n) is 6.35. The molecule has 0 spiro atoms. The fourth-order valence-corrected chi connectivity index (χ4v) is 6.79. The van der Waals surface area contributed by atoms with Gasteiger partial charge in [0, 0.05) is 23.3 Å². The number of aryl methyl sites for hydroxylation is 1. The quantitative estimate of drug-likeness (QED) is 0.214. The summed E-state index contributed by atoms with van der Waals surface area (Å²) in [6.45, 7) is 2.19. The highest BCUT2D eigenvalue weighted by atomic mass is 31.1.